The molecule has 0 spiro atoms. The van der Waals surface area contributed by atoms with Crippen molar-refractivity contribution in [1.82, 2.24) is 4.90 Å². The monoisotopic (exact) mass is 317 g/mol. The highest BCUT2D eigenvalue weighted by atomic mass is 16.5. The van der Waals surface area contributed by atoms with Gasteiger partial charge in [0.05, 0.1) is 12.2 Å². The molecule has 23 heavy (non-hydrogen) atoms. The first-order chi connectivity index (χ1) is 11.1. The first-order valence-electron chi connectivity index (χ1n) is 8.33. The van der Waals surface area contributed by atoms with E-state index in [4.69, 9.17) is 4.74 Å². The van der Waals surface area contributed by atoms with Gasteiger partial charge in [-0.3, -0.25) is 4.79 Å². The molecular weight excluding hydrogens is 294 g/mol. The summed E-state index contributed by atoms with van der Waals surface area (Å²) < 4.78 is 5.41. The van der Waals surface area contributed by atoms with Gasteiger partial charge in [0.1, 0.15) is 0 Å². The minimum Gasteiger partial charge on any atom is -0.478 e. The highest BCUT2D eigenvalue weighted by molar-refractivity contribution is 5.89. The van der Waals surface area contributed by atoms with Crippen LogP contribution >= 0.6 is 0 Å². The fourth-order valence-electron chi connectivity index (χ4n) is 3.18. The van der Waals surface area contributed by atoms with E-state index in [9.17, 15) is 14.7 Å². The number of ether oxygens (including phenoxy) is 1. The zero-order valence-electron chi connectivity index (χ0n) is 13.2. The van der Waals surface area contributed by atoms with Crippen LogP contribution in [0.5, 0.6) is 0 Å². The van der Waals surface area contributed by atoms with Crippen LogP contribution in [0.4, 0.5) is 0 Å². The molecule has 1 aliphatic carbocycles. The quantitative estimate of drug-likeness (QED) is 0.838. The normalized spacial score (nSPS) is 20.4. The van der Waals surface area contributed by atoms with Gasteiger partial charge in [0.2, 0.25) is 5.91 Å². The molecule has 1 aromatic carbocycles. The number of aromatic carboxylic acids is 1. The molecule has 0 radical (unpaired) electrons. The van der Waals surface area contributed by atoms with E-state index >= 15 is 0 Å². The summed E-state index contributed by atoms with van der Waals surface area (Å²) in [6.45, 7) is 2.33. The molecule has 2 fully saturated rings. The van der Waals surface area contributed by atoms with Crippen LogP contribution in [-0.4, -0.2) is 47.7 Å². The van der Waals surface area contributed by atoms with Crippen LogP contribution in [-0.2, 0) is 16.0 Å². The zero-order chi connectivity index (χ0) is 16.2. The largest absolute Gasteiger partial charge is 0.478 e. The van der Waals surface area contributed by atoms with E-state index in [1.807, 2.05) is 11.0 Å². The van der Waals surface area contributed by atoms with Gasteiger partial charge in [0.25, 0.3) is 0 Å². The van der Waals surface area contributed by atoms with Crippen molar-refractivity contribution >= 4 is 11.9 Å². The highest BCUT2D eigenvalue weighted by Gasteiger charge is 2.34. The third-order valence-corrected chi connectivity index (χ3v) is 4.64. The van der Waals surface area contributed by atoms with Crippen LogP contribution in [0.2, 0.25) is 0 Å². The van der Waals surface area contributed by atoms with E-state index < -0.39 is 5.97 Å². The number of hydrogen-bond acceptors (Lipinski definition) is 3. The molecule has 1 aliphatic heterocycles. The van der Waals surface area contributed by atoms with Crippen LogP contribution in [0, 0.1) is 5.92 Å². The second-order valence-electron chi connectivity index (χ2n) is 6.47. The maximum atomic E-state index is 12.6. The van der Waals surface area contributed by atoms with Crippen LogP contribution in [0.1, 0.15) is 41.6 Å². The van der Waals surface area contributed by atoms with Crippen molar-refractivity contribution in [3.63, 3.8) is 0 Å². The van der Waals surface area contributed by atoms with Crippen LogP contribution < -0.4 is 0 Å². The zero-order valence-corrected chi connectivity index (χ0v) is 13.2. The van der Waals surface area contributed by atoms with Gasteiger partial charge in [-0.05, 0) is 37.3 Å². The number of rotatable bonds is 7. The number of aryl methyl sites for hydroxylation is 1. The molecule has 1 amide bonds. The summed E-state index contributed by atoms with van der Waals surface area (Å²) in [5.74, 6) is -0.347. The topological polar surface area (TPSA) is 66.8 Å². The first-order valence-corrected chi connectivity index (χ1v) is 8.33. The van der Waals surface area contributed by atoms with Crippen molar-refractivity contribution in [2.75, 3.05) is 19.8 Å². The van der Waals surface area contributed by atoms with Crippen molar-refractivity contribution in [1.29, 1.82) is 0 Å². The van der Waals surface area contributed by atoms with Crippen molar-refractivity contribution in [2.24, 2.45) is 5.92 Å². The number of carboxylic acids is 1. The molecule has 1 atom stereocenters. The fraction of sp³-hybridized carbons (Fsp3) is 0.556. The number of carboxylic acid groups (broad SMARTS) is 1. The second-order valence-corrected chi connectivity index (χ2v) is 6.47. The maximum absolute atomic E-state index is 12.6. The Labute approximate surface area is 136 Å². The fourth-order valence-corrected chi connectivity index (χ4v) is 3.18. The van der Waals surface area contributed by atoms with E-state index in [0.29, 0.717) is 30.4 Å². The lowest BCUT2D eigenvalue weighted by Gasteiger charge is -2.25. The summed E-state index contributed by atoms with van der Waals surface area (Å²) in [6.07, 6.45) is 4.05. The molecule has 124 valence electrons. The Hall–Kier alpha value is -1.88. The van der Waals surface area contributed by atoms with Crippen LogP contribution in [0.15, 0.2) is 24.3 Å². The molecule has 1 N–H and O–H groups in total. The molecule has 1 saturated heterocycles. The molecule has 1 unspecified atom stereocenters. The first kappa shape index (κ1) is 16.0. The van der Waals surface area contributed by atoms with Crippen LogP contribution in [0.3, 0.4) is 0 Å². The molecule has 5 heteroatoms. The second kappa shape index (κ2) is 7.13. The van der Waals surface area contributed by atoms with Crippen molar-refractivity contribution in [2.45, 2.75) is 38.1 Å². The van der Waals surface area contributed by atoms with Crippen molar-refractivity contribution < 1.29 is 19.4 Å². The van der Waals surface area contributed by atoms with Crippen molar-refractivity contribution in [3.05, 3.63) is 35.4 Å². The maximum Gasteiger partial charge on any atom is 0.335 e. The molecule has 5 nitrogen and oxygen atoms in total. The number of carbonyl (C=O) groups excluding carboxylic acids is 1. The summed E-state index contributed by atoms with van der Waals surface area (Å²) >= 11 is 0. The molecule has 1 aromatic rings. The van der Waals surface area contributed by atoms with Gasteiger partial charge >= 0.3 is 5.97 Å². The summed E-state index contributed by atoms with van der Waals surface area (Å²) in [5.41, 5.74) is 1.02. The number of carbonyl (C=O) groups is 2. The van der Waals surface area contributed by atoms with E-state index in [1.165, 1.54) is 0 Å². The number of hydrogen-bond donors (Lipinski definition) is 1. The summed E-state index contributed by atoms with van der Waals surface area (Å²) in [7, 11) is 0. The van der Waals surface area contributed by atoms with Gasteiger partial charge in [0.15, 0.2) is 0 Å². The van der Waals surface area contributed by atoms with E-state index in [2.05, 4.69) is 0 Å². The highest BCUT2D eigenvalue weighted by Crippen LogP contribution is 2.29. The average Bonchev–Trinajstić information content (AvgIpc) is 3.26. The molecule has 1 heterocycles. The predicted octanol–water partition coefficient (Wildman–Crippen LogP) is 2.34. The van der Waals surface area contributed by atoms with Crippen LogP contribution in [0.25, 0.3) is 0 Å². The third kappa shape index (κ3) is 4.10. The Morgan fingerprint density at radius 3 is 2.65 bits per heavy atom. The van der Waals surface area contributed by atoms with Crippen molar-refractivity contribution in [3.8, 4) is 0 Å². The molecule has 3 rings (SSSR count). The average molecular weight is 317 g/mol. The summed E-state index contributed by atoms with van der Waals surface area (Å²) in [6, 6.07) is 7.31. The SMILES string of the molecule is O=C(O)c1ccccc1CCC(=O)N(CC1CCOC1)C1CC1. The van der Waals surface area contributed by atoms with Gasteiger partial charge in [-0.2, -0.15) is 0 Å². The Morgan fingerprint density at radius 1 is 1.22 bits per heavy atom. The molecule has 0 aromatic heterocycles. The van der Waals surface area contributed by atoms with Gasteiger partial charge in [-0.15, -0.1) is 0 Å². The molecule has 1 saturated carbocycles. The Balaban J connectivity index is 1.60. The molecule has 2 aliphatic rings. The predicted molar refractivity (Wildman–Crippen MR) is 85.4 cm³/mol. The lowest BCUT2D eigenvalue weighted by Crippen LogP contribution is -2.37. The van der Waals surface area contributed by atoms with Gasteiger partial charge < -0.3 is 14.7 Å². The van der Waals surface area contributed by atoms with E-state index in [-0.39, 0.29) is 5.91 Å². The van der Waals surface area contributed by atoms with Gasteiger partial charge in [0, 0.05) is 31.5 Å². The van der Waals surface area contributed by atoms with E-state index in [0.717, 1.165) is 44.6 Å². The minimum atomic E-state index is -0.935. The number of benzene rings is 1. The summed E-state index contributed by atoms with van der Waals surface area (Å²) in [5, 5.41) is 9.22. The van der Waals surface area contributed by atoms with Gasteiger partial charge in [-0.25, -0.2) is 4.79 Å². The standard InChI is InChI=1S/C18H23NO4/c20-17(8-5-14-3-1-2-4-16(14)18(21)22)19(15-6-7-15)11-13-9-10-23-12-13/h1-4,13,15H,5-12H2,(H,21,22). The third-order valence-electron chi connectivity index (χ3n) is 4.64. The van der Waals surface area contributed by atoms with E-state index in [1.54, 1.807) is 18.2 Å². The molecule has 0 bridgehead atoms. The summed E-state index contributed by atoms with van der Waals surface area (Å²) in [4.78, 5) is 25.8. The smallest absolute Gasteiger partial charge is 0.335 e. The minimum absolute atomic E-state index is 0.139. The van der Waals surface area contributed by atoms with Gasteiger partial charge in [-0.1, -0.05) is 18.2 Å². The lowest BCUT2D eigenvalue weighted by molar-refractivity contribution is -0.132. The lowest BCUT2D eigenvalue weighted by atomic mass is 10.0. The Bertz CT molecular complexity index is 576. The number of amides is 1. The molecular formula is C18H23NO4. The number of nitrogens with zero attached hydrogens (tertiary/aromatic N) is 1. The Kier molecular flexibility index (Phi) is 4.96. The Morgan fingerprint density at radius 2 is 2.00 bits per heavy atom.